The van der Waals surface area contributed by atoms with Crippen molar-refractivity contribution < 1.29 is 0 Å². The number of aromatic amines is 4. The van der Waals surface area contributed by atoms with Crippen LogP contribution in [-0.4, -0.2) is 20.4 Å². The molecule has 0 fully saturated rings. The van der Waals surface area contributed by atoms with Gasteiger partial charge in [0.1, 0.15) is 0 Å². The van der Waals surface area contributed by atoms with Crippen LogP contribution >= 0.6 is 31.9 Å². The van der Waals surface area contributed by atoms with Gasteiger partial charge < -0.3 is 10.2 Å². The molecule has 0 spiro atoms. The van der Waals surface area contributed by atoms with Crippen LogP contribution < -0.4 is 11.1 Å². The summed E-state index contributed by atoms with van der Waals surface area (Å²) < 4.78 is 1.82. The summed E-state index contributed by atoms with van der Waals surface area (Å²) in [7, 11) is 0. The Kier molecular flexibility index (Phi) is 4.44. The highest BCUT2D eigenvalue weighted by molar-refractivity contribution is 9.11. The summed E-state index contributed by atoms with van der Waals surface area (Å²) >= 11 is 7.10. The van der Waals surface area contributed by atoms with Crippen LogP contribution in [0.1, 0.15) is 39.6 Å². The molecule has 4 N–H and O–H groups in total. The highest BCUT2D eigenvalue weighted by Crippen LogP contribution is 2.36. The molecule has 0 atom stereocenters. The quantitative estimate of drug-likeness (QED) is 0.487. The van der Waals surface area contributed by atoms with Gasteiger partial charge in [-0.2, -0.15) is 0 Å². The van der Waals surface area contributed by atoms with Gasteiger partial charge in [0.2, 0.25) is 0 Å². The first-order valence-corrected chi connectivity index (χ1v) is 8.89. The van der Waals surface area contributed by atoms with Crippen LogP contribution in [0.25, 0.3) is 0 Å². The molecule has 1 aromatic carbocycles. The first-order chi connectivity index (χ1) is 11.3. The van der Waals surface area contributed by atoms with Crippen molar-refractivity contribution >= 4 is 31.9 Å². The topological polar surface area (TPSA) is 97.3 Å². The molecule has 0 unspecified atom stereocenters. The fourth-order valence-corrected chi connectivity index (χ4v) is 4.14. The number of H-pyrrole nitrogens is 4. The molecular weight excluding hydrogens is 440 g/mol. The van der Waals surface area contributed by atoms with E-state index in [0.717, 1.165) is 20.1 Å². The van der Waals surface area contributed by atoms with E-state index in [9.17, 15) is 9.59 Å². The highest BCUT2D eigenvalue weighted by Gasteiger charge is 2.28. The monoisotopic (exact) mass is 454 g/mol. The van der Waals surface area contributed by atoms with E-state index < -0.39 is 5.92 Å². The van der Waals surface area contributed by atoms with Gasteiger partial charge in [-0.3, -0.25) is 19.8 Å². The minimum absolute atomic E-state index is 0.231. The Morgan fingerprint density at radius 1 is 0.792 bits per heavy atom. The van der Waals surface area contributed by atoms with Crippen LogP contribution in [0.15, 0.2) is 30.7 Å². The molecule has 126 valence electrons. The second kappa shape index (κ2) is 6.25. The molecule has 0 aliphatic heterocycles. The zero-order valence-corrected chi connectivity index (χ0v) is 16.5. The molecule has 24 heavy (non-hydrogen) atoms. The molecule has 0 radical (unpaired) electrons. The predicted molar refractivity (Wildman–Crippen MR) is 99.8 cm³/mol. The van der Waals surface area contributed by atoms with Gasteiger partial charge in [-0.05, 0) is 44.0 Å². The Bertz CT molecular complexity index is 948. The van der Waals surface area contributed by atoms with E-state index in [2.05, 4.69) is 52.3 Å². The summed E-state index contributed by atoms with van der Waals surface area (Å²) in [6.45, 7) is 5.61. The number of hydrogen-bond donors (Lipinski definition) is 4. The van der Waals surface area contributed by atoms with Crippen molar-refractivity contribution in [1.29, 1.82) is 0 Å². The lowest BCUT2D eigenvalue weighted by Gasteiger charge is -2.17. The fraction of sp³-hybridized carbons (Fsp3) is 0.250. The van der Waals surface area contributed by atoms with Crippen LogP contribution in [0, 0.1) is 20.8 Å². The molecule has 0 saturated carbocycles. The van der Waals surface area contributed by atoms with E-state index in [0.29, 0.717) is 22.5 Å². The summed E-state index contributed by atoms with van der Waals surface area (Å²) in [5.41, 5.74) is 3.92. The molecule has 3 rings (SSSR count). The zero-order chi connectivity index (χ0) is 17.6. The Balaban J connectivity index is 2.36. The van der Waals surface area contributed by atoms with Crippen LogP contribution in [0.5, 0.6) is 0 Å². The number of aryl methyl sites for hydroxylation is 2. The summed E-state index contributed by atoms with van der Waals surface area (Å²) in [5.74, 6) is -0.483. The minimum atomic E-state index is -0.483. The van der Waals surface area contributed by atoms with Crippen LogP contribution in [-0.2, 0) is 0 Å². The Labute approximate surface area is 154 Å². The van der Waals surface area contributed by atoms with Crippen LogP contribution in [0.4, 0.5) is 0 Å². The molecule has 0 aliphatic carbocycles. The highest BCUT2D eigenvalue weighted by atomic mass is 79.9. The predicted octanol–water partition coefficient (Wildman–Crippen LogP) is 3.35. The number of hydrogen-bond acceptors (Lipinski definition) is 2. The second-order valence-electron chi connectivity index (χ2n) is 5.78. The Hall–Kier alpha value is -1.80. The van der Waals surface area contributed by atoms with Crippen molar-refractivity contribution in [1.82, 2.24) is 20.4 Å². The van der Waals surface area contributed by atoms with E-state index >= 15 is 0 Å². The lowest BCUT2D eigenvalue weighted by atomic mass is 9.85. The third-order valence-electron chi connectivity index (χ3n) is 4.24. The molecule has 0 amide bonds. The van der Waals surface area contributed by atoms with Crippen molar-refractivity contribution in [3.8, 4) is 0 Å². The first kappa shape index (κ1) is 17.0. The van der Waals surface area contributed by atoms with Gasteiger partial charge >= 0.3 is 0 Å². The lowest BCUT2D eigenvalue weighted by Crippen LogP contribution is -2.20. The summed E-state index contributed by atoms with van der Waals surface area (Å²) in [4.78, 5) is 24.8. The second-order valence-corrected chi connectivity index (χ2v) is 7.49. The first-order valence-electron chi connectivity index (χ1n) is 7.31. The van der Waals surface area contributed by atoms with Gasteiger partial charge in [-0.1, -0.05) is 31.9 Å². The van der Waals surface area contributed by atoms with E-state index in [1.54, 1.807) is 0 Å². The van der Waals surface area contributed by atoms with Crippen molar-refractivity contribution in [2.75, 3.05) is 0 Å². The maximum absolute atomic E-state index is 12.4. The van der Waals surface area contributed by atoms with Crippen molar-refractivity contribution in [3.05, 3.63) is 75.4 Å². The van der Waals surface area contributed by atoms with Crippen molar-refractivity contribution in [2.24, 2.45) is 0 Å². The van der Waals surface area contributed by atoms with Gasteiger partial charge in [-0.15, -0.1) is 0 Å². The van der Waals surface area contributed by atoms with E-state index in [-0.39, 0.29) is 11.1 Å². The fourth-order valence-electron chi connectivity index (χ4n) is 2.92. The molecule has 6 nitrogen and oxygen atoms in total. The maximum atomic E-state index is 12.4. The molecule has 2 aromatic heterocycles. The van der Waals surface area contributed by atoms with Crippen molar-refractivity contribution in [2.45, 2.75) is 26.7 Å². The SMILES string of the molecule is Cc1[nH][nH]c(=O)c1C(c1cc(Br)c(C)c(Br)c1)c1c(C)[nH][nH]c1=O. The summed E-state index contributed by atoms with van der Waals surface area (Å²) in [6.07, 6.45) is 0. The number of benzene rings is 1. The third-order valence-corrected chi connectivity index (χ3v) is 5.89. The molecule has 0 aliphatic rings. The van der Waals surface area contributed by atoms with Gasteiger partial charge in [0.15, 0.2) is 0 Å². The number of rotatable bonds is 3. The van der Waals surface area contributed by atoms with Crippen LogP contribution in [0.3, 0.4) is 0 Å². The molecule has 8 heteroatoms. The van der Waals surface area contributed by atoms with Gasteiger partial charge in [0.05, 0.1) is 11.1 Å². The number of nitrogens with one attached hydrogen (secondary N) is 4. The number of aromatic nitrogens is 4. The molecule has 2 heterocycles. The average molecular weight is 456 g/mol. The Morgan fingerprint density at radius 3 is 1.54 bits per heavy atom. The lowest BCUT2D eigenvalue weighted by molar-refractivity contribution is 0.927. The van der Waals surface area contributed by atoms with Gasteiger partial charge in [0, 0.05) is 26.3 Å². The standard InChI is InChI=1S/C16H16Br2N4O2/c1-6-10(17)4-9(5-11(6)18)14(12-7(2)19-21-15(12)23)13-8(3)20-22-16(13)24/h4-5,14H,1-3H3,(H2,19,21,23)(H2,20,22,24). The molecule has 3 aromatic rings. The third kappa shape index (κ3) is 2.73. The van der Waals surface area contributed by atoms with E-state index in [1.165, 1.54) is 0 Å². The van der Waals surface area contributed by atoms with E-state index in [4.69, 9.17) is 0 Å². The summed E-state index contributed by atoms with van der Waals surface area (Å²) in [6, 6.07) is 3.89. The molecule has 0 saturated heterocycles. The number of halogens is 2. The molecule has 0 bridgehead atoms. The van der Waals surface area contributed by atoms with Gasteiger partial charge in [0.25, 0.3) is 11.1 Å². The Morgan fingerprint density at radius 2 is 1.21 bits per heavy atom. The smallest absolute Gasteiger partial charge is 0.268 e. The maximum Gasteiger partial charge on any atom is 0.268 e. The minimum Gasteiger partial charge on any atom is -0.302 e. The van der Waals surface area contributed by atoms with Crippen LogP contribution in [0.2, 0.25) is 0 Å². The largest absolute Gasteiger partial charge is 0.302 e. The van der Waals surface area contributed by atoms with Crippen molar-refractivity contribution in [3.63, 3.8) is 0 Å². The normalized spacial score (nSPS) is 11.4. The van der Waals surface area contributed by atoms with E-state index in [1.807, 2.05) is 32.9 Å². The molecular formula is C16H16Br2N4O2. The zero-order valence-electron chi connectivity index (χ0n) is 13.3. The summed E-state index contributed by atoms with van der Waals surface area (Å²) in [5, 5.41) is 10.9. The average Bonchev–Trinajstić information content (AvgIpc) is 3.02. The van der Waals surface area contributed by atoms with Gasteiger partial charge in [-0.25, -0.2) is 0 Å².